The summed E-state index contributed by atoms with van der Waals surface area (Å²) in [6.45, 7) is 5.83. The summed E-state index contributed by atoms with van der Waals surface area (Å²) in [5, 5.41) is 0. The van der Waals surface area contributed by atoms with Crippen LogP contribution in [0.1, 0.15) is 26.2 Å². The molecule has 1 rings (SSSR count). The van der Waals surface area contributed by atoms with Crippen LogP contribution < -0.4 is 5.73 Å². The van der Waals surface area contributed by atoms with Gasteiger partial charge in [0.25, 0.3) is 0 Å². The number of nitrogens with zero attached hydrogens (tertiary/aromatic N) is 1. The van der Waals surface area contributed by atoms with E-state index >= 15 is 0 Å². The summed E-state index contributed by atoms with van der Waals surface area (Å²) in [6, 6.07) is 0.455. The molecular formula is C8H20Cl2N2. The van der Waals surface area contributed by atoms with E-state index in [-0.39, 0.29) is 24.8 Å². The first-order chi connectivity index (χ1) is 4.83. The maximum absolute atomic E-state index is 5.76. The van der Waals surface area contributed by atoms with Gasteiger partial charge in [0.05, 0.1) is 0 Å². The van der Waals surface area contributed by atoms with Crippen molar-refractivity contribution in [3.05, 3.63) is 0 Å². The van der Waals surface area contributed by atoms with Crippen LogP contribution in [0.2, 0.25) is 0 Å². The molecule has 0 spiro atoms. The van der Waals surface area contributed by atoms with Crippen LogP contribution in [-0.4, -0.2) is 30.6 Å². The predicted molar refractivity (Wildman–Crippen MR) is 58.4 cm³/mol. The molecule has 1 unspecified atom stereocenters. The molecule has 1 heterocycles. The highest BCUT2D eigenvalue weighted by Gasteiger charge is 2.17. The van der Waals surface area contributed by atoms with Gasteiger partial charge in [-0.25, -0.2) is 0 Å². The minimum atomic E-state index is 0. The Labute approximate surface area is 87.7 Å². The Morgan fingerprint density at radius 2 is 2.08 bits per heavy atom. The monoisotopic (exact) mass is 214 g/mol. The van der Waals surface area contributed by atoms with Crippen LogP contribution in [0.5, 0.6) is 0 Å². The molecule has 1 aliphatic heterocycles. The van der Waals surface area contributed by atoms with Crippen molar-refractivity contribution in [2.75, 3.05) is 19.6 Å². The molecule has 0 bridgehead atoms. The second-order valence-electron chi connectivity index (χ2n) is 3.20. The topological polar surface area (TPSA) is 29.3 Å². The number of hydrogen-bond acceptors (Lipinski definition) is 2. The Kier molecular flexibility index (Phi) is 10.1. The molecule has 0 aromatic carbocycles. The Morgan fingerprint density at radius 3 is 2.50 bits per heavy atom. The summed E-state index contributed by atoms with van der Waals surface area (Å²) in [7, 11) is 0. The van der Waals surface area contributed by atoms with Crippen LogP contribution in [0.3, 0.4) is 0 Å². The van der Waals surface area contributed by atoms with Crippen LogP contribution in [0.4, 0.5) is 0 Å². The minimum Gasteiger partial charge on any atom is -0.326 e. The van der Waals surface area contributed by atoms with E-state index in [1.54, 1.807) is 0 Å². The van der Waals surface area contributed by atoms with Crippen molar-refractivity contribution in [3.63, 3.8) is 0 Å². The Hall–Kier alpha value is 0.500. The first-order valence-electron chi connectivity index (χ1n) is 4.31. The molecule has 0 amide bonds. The third-order valence-electron chi connectivity index (χ3n) is 2.14. The molecule has 0 aromatic heterocycles. The maximum atomic E-state index is 5.76. The lowest BCUT2D eigenvalue weighted by atomic mass is 10.3. The molecular weight excluding hydrogens is 195 g/mol. The molecule has 1 aliphatic rings. The highest BCUT2D eigenvalue weighted by Crippen LogP contribution is 2.07. The van der Waals surface area contributed by atoms with Crippen LogP contribution in [0, 0.1) is 0 Å². The molecule has 1 fully saturated rings. The van der Waals surface area contributed by atoms with Gasteiger partial charge in [0.15, 0.2) is 0 Å². The van der Waals surface area contributed by atoms with Gasteiger partial charge in [-0.2, -0.15) is 0 Å². The average Bonchev–Trinajstić information content (AvgIpc) is 2.31. The number of hydrogen-bond donors (Lipinski definition) is 1. The largest absolute Gasteiger partial charge is 0.326 e. The molecule has 2 nitrogen and oxygen atoms in total. The SMILES string of the molecule is CCCCN1CCC(N)C1.Cl.Cl. The van der Waals surface area contributed by atoms with E-state index in [4.69, 9.17) is 5.73 Å². The molecule has 12 heavy (non-hydrogen) atoms. The predicted octanol–water partition coefficient (Wildman–Crippen LogP) is 1.66. The van der Waals surface area contributed by atoms with E-state index in [1.165, 1.54) is 32.4 Å². The van der Waals surface area contributed by atoms with E-state index < -0.39 is 0 Å². The quantitative estimate of drug-likeness (QED) is 0.775. The van der Waals surface area contributed by atoms with E-state index in [0.717, 1.165) is 6.54 Å². The third-order valence-corrected chi connectivity index (χ3v) is 2.14. The van der Waals surface area contributed by atoms with Crippen molar-refractivity contribution in [1.29, 1.82) is 0 Å². The number of rotatable bonds is 3. The van der Waals surface area contributed by atoms with Gasteiger partial charge in [-0.05, 0) is 25.9 Å². The van der Waals surface area contributed by atoms with Crippen molar-refractivity contribution < 1.29 is 0 Å². The van der Waals surface area contributed by atoms with Gasteiger partial charge in [0.2, 0.25) is 0 Å². The van der Waals surface area contributed by atoms with Crippen LogP contribution in [0.15, 0.2) is 0 Å². The molecule has 0 saturated carbocycles. The van der Waals surface area contributed by atoms with Crippen LogP contribution >= 0.6 is 24.8 Å². The van der Waals surface area contributed by atoms with E-state index in [0.29, 0.717) is 6.04 Å². The Morgan fingerprint density at radius 1 is 1.42 bits per heavy atom. The summed E-state index contributed by atoms with van der Waals surface area (Å²) < 4.78 is 0. The van der Waals surface area contributed by atoms with Crippen LogP contribution in [-0.2, 0) is 0 Å². The van der Waals surface area contributed by atoms with Gasteiger partial charge in [0, 0.05) is 12.6 Å². The molecule has 2 N–H and O–H groups in total. The molecule has 4 heteroatoms. The molecule has 0 radical (unpaired) electrons. The summed E-state index contributed by atoms with van der Waals surface area (Å²) in [5.74, 6) is 0. The van der Waals surface area contributed by atoms with Gasteiger partial charge < -0.3 is 10.6 Å². The van der Waals surface area contributed by atoms with E-state index in [2.05, 4.69) is 11.8 Å². The highest BCUT2D eigenvalue weighted by molar-refractivity contribution is 5.85. The normalized spacial score (nSPS) is 23.0. The van der Waals surface area contributed by atoms with Crippen LogP contribution in [0.25, 0.3) is 0 Å². The number of nitrogens with two attached hydrogens (primary N) is 1. The summed E-state index contributed by atoms with van der Waals surface area (Å²) >= 11 is 0. The summed E-state index contributed by atoms with van der Waals surface area (Å²) in [4.78, 5) is 2.47. The zero-order chi connectivity index (χ0) is 7.40. The number of unbranched alkanes of at least 4 members (excludes halogenated alkanes) is 1. The molecule has 1 saturated heterocycles. The second-order valence-corrected chi connectivity index (χ2v) is 3.20. The van der Waals surface area contributed by atoms with E-state index in [9.17, 15) is 0 Å². The lowest BCUT2D eigenvalue weighted by Gasteiger charge is -2.13. The molecule has 0 aromatic rings. The summed E-state index contributed by atoms with van der Waals surface area (Å²) in [6.07, 6.45) is 3.82. The lowest BCUT2D eigenvalue weighted by Crippen LogP contribution is -2.27. The third kappa shape index (κ3) is 5.20. The van der Waals surface area contributed by atoms with Gasteiger partial charge >= 0.3 is 0 Å². The zero-order valence-electron chi connectivity index (χ0n) is 7.66. The molecule has 0 aliphatic carbocycles. The van der Waals surface area contributed by atoms with Gasteiger partial charge in [0.1, 0.15) is 0 Å². The Bertz CT molecular complexity index is 101. The lowest BCUT2D eigenvalue weighted by molar-refractivity contribution is 0.328. The first kappa shape index (κ1) is 15.0. The minimum absolute atomic E-state index is 0. The maximum Gasteiger partial charge on any atom is 0.0180 e. The van der Waals surface area contributed by atoms with Crippen molar-refractivity contribution >= 4 is 24.8 Å². The molecule has 76 valence electrons. The number of likely N-dealkylation sites (tertiary alicyclic amines) is 1. The van der Waals surface area contributed by atoms with Gasteiger partial charge in [-0.15, -0.1) is 24.8 Å². The van der Waals surface area contributed by atoms with Gasteiger partial charge in [-0.1, -0.05) is 13.3 Å². The van der Waals surface area contributed by atoms with Gasteiger partial charge in [-0.3, -0.25) is 0 Å². The van der Waals surface area contributed by atoms with Crippen molar-refractivity contribution in [1.82, 2.24) is 4.90 Å². The highest BCUT2D eigenvalue weighted by atomic mass is 35.5. The fourth-order valence-electron chi connectivity index (χ4n) is 1.45. The fraction of sp³-hybridized carbons (Fsp3) is 1.00. The standard InChI is InChI=1S/C8H18N2.2ClH/c1-2-3-5-10-6-4-8(9)7-10;;/h8H,2-7,9H2,1H3;2*1H. The van der Waals surface area contributed by atoms with Crippen molar-refractivity contribution in [3.8, 4) is 0 Å². The summed E-state index contributed by atoms with van der Waals surface area (Å²) in [5.41, 5.74) is 5.76. The average molecular weight is 215 g/mol. The van der Waals surface area contributed by atoms with E-state index in [1.807, 2.05) is 0 Å². The van der Waals surface area contributed by atoms with Crippen molar-refractivity contribution in [2.45, 2.75) is 32.2 Å². The first-order valence-corrected chi connectivity index (χ1v) is 4.31. The van der Waals surface area contributed by atoms with Crippen molar-refractivity contribution in [2.24, 2.45) is 5.73 Å². The molecule has 1 atom stereocenters. The fourth-order valence-corrected chi connectivity index (χ4v) is 1.45. The number of halogens is 2. The Balaban J connectivity index is 0. The second kappa shape index (κ2) is 8.11. The zero-order valence-corrected chi connectivity index (χ0v) is 9.29. The smallest absolute Gasteiger partial charge is 0.0180 e.